The van der Waals surface area contributed by atoms with Gasteiger partial charge in [0.2, 0.25) is 5.95 Å². The van der Waals surface area contributed by atoms with Crippen LogP contribution in [0.5, 0.6) is 5.75 Å². The molecule has 0 saturated heterocycles. The third kappa shape index (κ3) is 4.38. The maximum atomic E-state index is 12.8. The summed E-state index contributed by atoms with van der Waals surface area (Å²) in [6.45, 7) is 5.44. The Morgan fingerprint density at radius 1 is 1.10 bits per heavy atom. The first-order chi connectivity index (χ1) is 15.0. The Labute approximate surface area is 189 Å². The fourth-order valence-corrected chi connectivity index (χ4v) is 3.70. The maximum absolute atomic E-state index is 12.8. The number of halogens is 2. The van der Waals surface area contributed by atoms with Gasteiger partial charge in [0, 0.05) is 17.3 Å². The second-order valence-corrected chi connectivity index (χ2v) is 7.70. The van der Waals surface area contributed by atoms with Crippen LogP contribution in [0, 0.1) is 0 Å². The summed E-state index contributed by atoms with van der Waals surface area (Å²) >= 11 is 12.4. The number of ether oxygens (including phenoxy) is 1. The Morgan fingerprint density at radius 2 is 1.87 bits per heavy atom. The first-order valence-electron chi connectivity index (χ1n) is 9.89. The second-order valence-electron chi connectivity index (χ2n) is 6.86. The molecule has 4 rings (SSSR count). The van der Waals surface area contributed by atoms with Crippen molar-refractivity contribution in [2.45, 2.75) is 26.9 Å². The SMILES string of the molecule is CCOc1ccc(Nc2nc(=O)c3c(ncn3CC)n2Cc2ccc(Cl)cc2)cc1Cl. The molecule has 0 aliphatic carbocycles. The van der Waals surface area contributed by atoms with Crippen LogP contribution < -0.4 is 15.6 Å². The molecule has 2 heterocycles. The van der Waals surface area contributed by atoms with Gasteiger partial charge in [-0.2, -0.15) is 4.98 Å². The van der Waals surface area contributed by atoms with Gasteiger partial charge >= 0.3 is 5.56 Å². The standard InChI is InChI=1S/C22H21Cl2N5O2/c1-3-28-13-25-20-19(28)21(30)27-22(29(20)12-14-5-7-15(23)8-6-14)26-16-9-10-18(31-4-2)17(24)11-16/h5-11,13H,3-4,12H2,1-2H3,(H,26,27,30). The predicted octanol–water partition coefficient (Wildman–Crippen LogP) is 5.11. The van der Waals surface area contributed by atoms with Crippen LogP contribution in [0.25, 0.3) is 11.2 Å². The fraction of sp³-hybridized carbons (Fsp3) is 0.227. The van der Waals surface area contributed by atoms with Crippen molar-refractivity contribution in [3.05, 3.63) is 74.8 Å². The van der Waals surface area contributed by atoms with Crippen LogP contribution in [0.1, 0.15) is 19.4 Å². The Morgan fingerprint density at radius 3 is 2.55 bits per heavy atom. The van der Waals surface area contributed by atoms with Crippen LogP contribution >= 0.6 is 23.2 Å². The molecule has 0 fully saturated rings. The summed E-state index contributed by atoms with van der Waals surface area (Å²) < 4.78 is 9.16. The van der Waals surface area contributed by atoms with Gasteiger partial charge < -0.3 is 14.6 Å². The lowest BCUT2D eigenvalue weighted by Gasteiger charge is -2.16. The fourth-order valence-electron chi connectivity index (χ4n) is 3.34. The number of fused-ring (bicyclic) bond motifs is 1. The highest BCUT2D eigenvalue weighted by atomic mass is 35.5. The van der Waals surface area contributed by atoms with E-state index < -0.39 is 0 Å². The number of hydrogen-bond donors (Lipinski definition) is 1. The van der Waals surface area contributed by atoms with E-state index in [0.717, 1.165) is 5.56 Å². The number of hydrogen-bond acceptors (Lipinski definition) is 5. The molecule has 9 heteroatoms. The van der Waals surface area contributed by atoms with Gasteiger partial charge in [0.05, 0.1) is 24.5 Å². The minimum atomic E-state index is -0.346. The molecular weight excluding hydrogens is 437 g/mol. The van der Waals surface area contributed by atoms with Crippen LogP contribution in [0.4, 0.5) is 11.6 Å². The molecule has 2 aromatic heterocycles. The molecule has 0 unspecified atom stereocenters. The Balaban J connectivity index is 1.81. The van der Waals surface area contributed by atoms with Gasteiger partial charge in [-0.25, -0.2) is 4.98 Å². The third-order valence-corrected chi connectivity index (χ3v) is 5.37. The molecule has 0 aliphatic rings. The van der Waals surface area contributed by atoms with Gasteiger partial charge in [0.15, 0.2) is 11.2 Å². The Bertz CT molecular complexity index is 1280. The number of benzene rings is 2. The van der Waals surface area contributed by atoms with Gasteiger partial charge in [0.1, 0.15) is 5.75 Å². The zero-order valence-corrected chi connectivity index (χ0v) is 18.6. The average Bonchev–Trinajstić information content (AvgIpc) is 3.19. The molecule has 160 valence electrons. The van der Waals surface area contributed by atoms with Crippen LogP contribution in [0.3, 0.4) is 0 Å². The molecule has 1 N–H and O–H groups in total. The van der Waals surface area contributed by atoms with E-state index in [1.165, 1.54) is 0 Å². The van der Waals surface area contributed by atoms with Crippen molar-refractivity contribution in [1.82, 2.24) is 19.1 Å². The van der Waals surface area contributed by atoms with E-state index >= 15 is 0 Å². The molecule has 2 aromatic carbocycles. The van der Waals surface area contributed by atoms with E-state index in [1.807, 2.05) is 48.7 Å². The number of imidazole rings is 1. The quantitative estimate of drug-likeness (QED) is 0.417. The van der Waals surface area contributed by atoms with Crippen molar-refractivity contribution in [2.24, 2.45) is 0 Å². The van der Waals surface area contributed by atoms with E-state index in [1.54, 1.807) is 23.0 Å². The summed E-state index contributed by atoms with van der Waals surface area (Å²) in [7, 11) is 0. The molecule has 0 radical (unpaired) electrons. The van der Waals surface area contributed by atoms with E-state index in [4.69, 9.17) is 27.9 Å². The van der Waals surface area contributed by atoms with Crippen molar-refractivity contribution < 1.29 is 4.74 Å². The summed E-state index contributed by atoms with van der Waals surface area (Å²) in [4.78, 5) is 21.6. The minimum absolute atomic E-state index is 0.346. The summed E-state index contributed by atoms with van der Waals surface area (Å²) in [6.07, 6.45) is 1.66. The van der Waals surface area contributed by atoms with Crippen molar-refractivity contribution in [3.63, 3.8) is 0 Å². The number of aromatic nitrogens is 4. The zero-order chi connectivity index (χ0) is 22.0. The van der Waals surface area contributed by atoms with Gasteiger partial charge in [0.25, 0.3) is 0 Å². The number of aryl methyl sites for hydroxylation is 1. The topological polar surface area (TPSA) is 74.0 Å². The van der Waals surface area contributed by atoms with Crippen molar-refractivity contribution in [2.75, 3.05) is 11.9 Å². The third-order valence-electron chi connectivity index (χ3n) is 4.82. The maximum Gasteiger partial charge on any atom is 0.300 e. The zero-order valence-electron chi connectivity index (χ0n) is 17.1. The molecule has 0 atom stereocenters. The van der Waals surface area contributed by atoms with Gasteiger partial charge in [-0.05, 0) is 49.7 Å². The van der Waals surface area contributed by atoms with Crippen LogP contribution in [-0.4, -0.2) is 25.7 Å². The van der Waals surface area contributed by atoms with Gasteiger partial charge in [-0.1, -0.05) is 35.3 Å². The highest BCUT2D eigenvalue weighted by Crippen LogP contribution is 2.29. The first-order valence-corrected chi connectivity index (χ1v) is 10.6. The van der Waals surface area contributed by atoms with Gasteiger partial charge in [-0.3, -0.25) is 9.36 Å². The number of rotatable bonds is 7. The molecule has 0 bridgehead atoms. The molecule has 7 nitrogen and oxygen atoms in total. The van der Waals surface area contributed by atoms with E-state index in [0.29, 0.717) is 58.3 Å². The second kappa shape index (κ2) is 8.99. The minimum Gasteiger partial charge on any atom is -0.492 e. The molecule has 0 spiro atoms. The lowest BCUT2D eigenvalue weighted by Crippen LogP contribution is -2.20. The average molecular weight is 458 g/mol. The van der Waals surface area contributed by atoms with Crippen LogP contribution in [0.2, 0.25) is 10.0 Å². The lowest BCUT2D eigenvalue weighted by atomic mass is 10.2. The number of nitrogens with one attached hydrogen (secondary N) is 1. The van der Waals surface area contributed by atoms with Crippen LogP contribution in [-0.2, 0) is 13.1 Å². The monoisotopic (exact) mass is 457 g/mol. The summed E-state index contributed by atoms with van der Waals surface area (Å²) in [6, 6.07) is 12.9. The normalized spacial score (nSPS) is 11.1. The summed E-state index contributed by atoms with van der Waals surface area (Å²) in [5.41, 5.74) is 2.35. The molecule has 0 amide bonds. The van der Waals surface area contributed by atoms with Gasteiger partial charge in [-0.15, -0.1) is 0 Å². The van der Waals surface area contributed by atoms with Crippen molar-refractivity contribution in [1.29, 1.82) is 0 Å². The highest BCUT2D eigenvalue weighted by Gasteiger charge is 2.17. The highest BCUT2D eigenvalue weighted by molar-refractivity contribution is 6.32. The molecular formula is C22H21Cl2N5O2. The summed E-state index contributed by atoms with van der Waals surface area (Å²) in [5.74, 6) is 0.965. The Kier molecular flexibility index (Phi) is 6.15. The molecule has 0 aliphatic heterocycles. The largest absolute Gasteiger partial charge is 0.492 e. The predicted molar refractivity (Wildman–Crippen MR) is 124 cm³/mol. The van der Waals surface area contributed by atoms with E-state index in [2.05, 4.69) is 15.3 Å². The number of anilines is 2. The number of nitrogens with zero attached hydrogens (tertiary/aromatic N) is 4. The lowest BCUT2D eigenvalue weighted by molar-refractivity contribution is 0.340. The van der Waals surface area contributed by atoms with Crippen LogP contribution in [0.15, 0.2) is 53.6 Å². The molecule has 4 aromatic rings. The van der Waals surface area contributed by atoms with E-state index in [-0.39, 0.29) is 5.56 Å². The summed E-state index contributed by atoms with van der Waals surface area (Å²) in [5, 5.41) is 4.34. The smallest absolute Gasteiger partial charge is 0.300 e. The Hall–Kier alpha value is -3.03. The van der Waals surface area contributed by atoms with Crippen molar-refractivity contribution >= 4 is 46.0 Å². The van der Waals surface area contributed by atoms with E-state index in [9.17, 15) is 4.79 Å². The first kappa shape index (κ1) is 21.2. The molecule has 31 heavy (non-hydrogen) atoms. The molecule has 0 saturated carbocycles. The van der Waals surface area contributed by atoms with Crippen molar-refractivity contribution in [3.8, 4) is 5.75 Å².